The quantitative estimate of drug-likeness (QED) is 0.227. The maximum Gasteiger partial charge on any atom is 0.439 e. The fourth-order valence-corrected chi connectivity index (χ4v) is 5.80. The van der Waals surface area contributed by atoms with Crippen LogP contribution in [0.5, 0.6) is 0 Å². The molecule has 1 saturated carbocycles. The third kappa shape index (κ3) is 6.01. The summed E-state index contributed by atoms with van der Waals surface area (Å²) in [4.78, 5) is 42.0. The number of aromatic amines is 1. The molecular formula is C33H35N3O5. The number of aliphatic carboxylic acids is 1. The molecule has 1 heterocycles. The van der Waals surface area contributed by atoms with E-state index >= 15 is 0 Å². The van der Waals surface area contributed by atoms with Crippen LogP contribution in [0.15, 0.2) is 82.1 Å². The highest BCUT2D eigenvalue weighted by Gasteiger charge is 2.46. The standard InChI is InChI=1S/C33H35N3O5/c1-2-3-12-29(37)36(33(31(38)39)19-8-5-9-20-33)22-23-13-15-25(16-14-23)28-21-26(24-10-6-4-7-11-24)17-18-27(28)30-34-32(40)41-35-30/h4,6-7,10-11,13-18,21H,2-3,5,8-9,12,19-20,22H2,1H3,(H,38,39)(H,34,35,40). The van der Waals surface area contributed by atoms with Crippen LogP contribution in [0.1, 0.15) is 63.9 Å². The molecule has 2 N–H and O–H groups in total. The van der Waals surface area contributed by atoms with E-state index in [1.165, 1.54) is 0 Å². The van der Waals surface area contributed by atoms with E-state index in [1.54, 1.807) is 4.90 Å². The van der Waals surface area contributed by atoms with Gasteiger partial charge in [-0.2, -0.15) is 0 Å². The summed E-state index contributed by atoms with van der Waals surface area (Å²) < 4.78 is 4.78. The fraction of sp³-hybridized carbons (Fsp3) is 0.333. The summed E-state index contributed by atoms with van der Waals surface area (Å²) >= 11 is 0. The van der Waals surface area contributed by atoms with E-state index in [2.05, 4.69) is 16.2 Å². The maximum absolute atomic E-state index is 13.4. The number of H-pyrrole nitrogens is 1. The number of nitrogens with zero attached hydrogens (tertiary/aromatic N) is 2. The zero-order valence-corrected chi connectivity index (χ0v) is 23.3. The smallest absolute Gasteiger partial charge is 0.439 e. The van der Waals surface area contributed by atoms with Crippen molar-refractivity contribution in [1.29, 1.82) is 0 Å². The first kappa shape index (κ1) is 28.1. The van der Waals surface area contributed by atoms with Gasteiger partial charge in [0.1, 0.15) is 5.54 Å². The van der Waals surface area contributed by atoms with Crippen molar-refractivity contribution in [2.24, 2.45) is 0 Å². The molecule has 0 radical (unpaired) electrons. The first-order chi connectivity index (χ1) is 19.9. The van der Waals surface area contributed by atoms with Gasteiger partial charge in [0.25, 0.3) is 0 Å². The minimum Gasteiger partial charge on any atom is -0.479 e. The number of carboxylic acids is 1. The Morgan fingerprint density at radius 3 is 2.27 bits per heavy atom. The summed E-state index contributed by atoms with van der Waals surface area (Å²) in [6.45, 7) is 2.27. The number of benzene rings is 3. The van der Waals surface area contributed by atoms with Crippen molar-refractivity contribution in [2.75, 3.05) is 0 Å². The average Bonchev–Trinajstić information content (AvgIpc) is 3.45. The van der Waals surface area contributed by atoms with E-state index in [4.69, 9.17) is 4.52 Å². The lowest BCUT2D eigenvalue weighted by atomic mass is 9.79. The minimum absolute atomic E-state index is 0.104. The van der Waals surface area contributed by atoms with Crippen LogP contribution in [0.3, 0.4) is 0 Å². The first-order valence-corrected chi connectivity index (χ1v) is 14.3. The SMILES string of the molecule is CCCCC(=O)N(Cc1ccc(-c2cc(-c3ccccc3)ccc2-c2noc(=O)[nH]2)cc1)C1(C(=O)O)CCCCC1. The van der Waals surface area contributed by atoms with E-state index in [0.717, 1.165) is 59.9 Å². The second kappa shape index (κ2) is 12.4. The van der Waals surface area contributed by atoms with Crippen LogP contribution in [0.2, 0.25) is 0 Å². The Bertz CT molecular complexity index is 1550. The highest BCUT2D eigenvalue weighted by atomic mass is 16.5. The number of carbonyl (C=O) groups is 2. The number of carboxylic acid groups (broad SMARTS) is 1. The van der Waals surface area contributed by atoms with Crippen molar-refractivity contribution in [2.45, 2.75) is 70.4 Å². The number of carbonyl (C=O) groups excluding carboxylic acids is 1. The lowest BCUT2D eigenvalue weighted by Gasteiger charge is -2.43. The van der Waals surface area contributed by atoms with Gasteiger partial charge < -0.3 is 10.0 Å². The number of hydrogen-bond acceptors (Lipinski definition) is 5. The fourth-order valence-electron chi connectivity index (χ4n) is 5.80. The van der Waals surface area contributed by atoms with Gasteiger partial charge in [0, 0.05) is 18.5 Å². The molecule has 212 valence electrons. The number of nitrogens with one attached hydrogen (secondary N) is 1. The lowest BCUT2D eigenvalue weighted by molar-refractivity contribution is -0.163. The van der Waals surface area contributed by atoms with Gasteiger partial charge in [-0.15, -0.1) is 0 Å². The van der Waals surface area contributed by atoms with Crippen LogP contribution in [0, 0.1) is 0 Å². The topological polar surface area (TPSA) is 117 Å². The third-order valence-corrected chi connectivity index (χ3v) is 8.07. The molecule has 0 saturated heterocycles. The molecule has 1 aromatic heterocycles. The van der Waals surface area contributed by atoms with Gasteiger partial charge >= 0.3 is 11.7 Å². The maximum atomic E-state index is 13.4. The Hall–Kier alpha value is -4.46. The van der Waals surface area contributed by atoms with Crippen LogP contribution < -0.4 is 5.76 Å². The van der Waals surface area contributed by atoms with Gasteiger partial charge in [-0.25, -0.2) is 9.59 Å². The van der Waals surface area contributed by atoms with E-state index in [0.29, 0.717) is 30.7 Å². The van der Waals surface area contributed by atoms with E-state index in [-0.39, 0.29) is 12.5 Å². The van der Waals surface area contributed by atoms with Crippen molar-refractivity contribution in [3.8, 4) is 33.6 Å². The number of rotatable bonds is 10. The van der Waals surface area contributed by atoms with Crippen molar-refractivity contribution < 1.29 is 19.2 Å². The van der Waals surface area contributed by atoms with Crippen molar-refractivity contribution >= 4 is 11.9 Å². The second-order valence-electron chi connectivity index (χ2n) is 10.7. The zero-order valence-electron chi connectivity index (χ0n) is 23.3. The van der Waals surface area contributed by atoms with Gasteiger partial charge in [-0.3, -0.25) is 14.3 Å². The summed E-state index contributed by atoms with van der Waals surface area (Å²) in [5.74, 6) is -1.31. The highest BCUT2D eigenvalue weighted by Crippen LogP contribution is 2.37. The predicted octanol–water partition coefficient (Wildman–Crippen LogP) is 6.67. The lowest BCUT2D eigenvalue weighted by Crippen LogP contribution is -2.57. The van der Waals surface area contributed by atoms with Crippen molar-refractivity contribution in [3.63, 3.8) is 0 Å². The summed E-state index contributed by atoms with van der Waals surface area (Å²) in [7, 11) is 0. The molecule has 0 bridgehead atoms. The van der Waals surface area contributed by atoms with E-state index in [9.17, 15) is 19.5 Å². The summed E-state index contributed by atoms with van der Waals surface area (Å²) in [6.07, 6.45) is 5.48. The molecule has 0 spiro atoms. The monoisotopic (exact) mass is 553 g/mol. The summed E-state index contributed by atoms with van der Waals surface area (Å²) in [6, 6.07) is 23.8. The number of unbranched alkanes of at least 4 members (excludes halogenated alkanes) is 1. The molecule has 1 fully saturated rings. The minimum atomic E-state index is -1.17. The predicted molar refractivity (Wildman–Crippen MR) is 157 cm³/mol. The van der Waals surface area contributed by atoms with E-state index < -0.39 is 17.3 Å². The largest absolute Gasteiger partial charge is 0.479 e. The third-order valence-electron chi connectivity index (χ3n) is 8.07. The molecule has 0 unspecified atom stereocenters. The van der Waals surface area contributed by atoms with Gasteiger partial charge in [0.15, 0.2) is 5.82 Å². The highest BCUT2D eigenvalue weighted by molar-refractivity contribution is 5.87. The number of amides is 1. The molecule has 3 aromatic carbocycles. The molecule has 8 heteroatoms. The molecule has 0 aliphatic heterocycles. The van der Waals surface area contributed by atoms with Gasteiger partial charge in [-0.05, 0) is 59.2 Å². The molecule has 4 aromatic rings. The number of aromatic nitrogens is 2. The van der Waals surface area contributed by atoms with Crippen LogP contribution in [-0.4, -0.2) is 37.6 Å². The Labute approximate surface area is 239 Å². The Balaban J connectivity index is 1.50. The normalized spacial score (nSPS) is 14.5. The zero-order chi connectivity index (χ0) is 28.8. The van der Waals surface area contributed by atoms with E-state index in [1.807, 2.05) is 73.7 Å². The Morgan fingerprint density at radius 2 is 1.63 bits per heavy atom. The van der Waals surface area contributed by atoms with Gasteiger partial charge in [-0.1, -0.05) is 98.4 Å². The van der Waals surface area contributed by atoms with Crippen LogP contribution in [0.4, 0.5) is 0 Å². The van der Waals surface area contributed by atoms with Crippen molar-refractivity contribution in [3.05, 3.63) is 88.9 Å². The molecule has 41 heavy (non-hydrogen) atoms. The van der Waals surface area contributed by atoms with Crippen LogP contribution in [0.25, 0.3) is 33.6 Å². The Morgan fingerprint density at radius 1 is 0.927 bits per heavy atom. The molecule has 1 aliphatic rings. The van der Waals surface area contributed by atoms with Crippen LogP contribution in [-0.2, 0) is 16.1 Å². The molecular weight excluding hydrogens is 518 g/mol. The summed E-state index contributed by atoms with van der Waals surface area (Å²) in [5, 5.41) is 14.2. The summed E-state index contributed by atoms with van der Waals surface area (Å²) in [5.41, 5.74) is 4.21. The molecule has 5 rings (SSSR count). The van der Waals surface area contributed by atoms with Gasteiger partial charge in [0.05, 0.1) is 0 Å². The molecule has 0 atom stereocenters. The Kier molecular flexibility index (Phi) is 8.47. The molecule has 1 aliphatic carbocycles. The second-order valence-corrected chi connectivity index (χ2v) is 10.7. The van der Waals surface area contributed by atoms with Crippen LogP contribution >= 0.6 is 0 Å². The number of hydrogen-bond donors (Lipinski definition) is 2. The van der Waals surface area contributed by atoms with Crippen molar-refractivity contribution in [1.82, 2.24) is 15.0 Å². The first-order valence-electron chi connectivity index (χ1n) is 14.3. The average molecular weight is 554 g/mol. The van der Waals surface area contributed by atoms with Gasteiger partial charge in [0.2, 0.25) is 5.91 Å². The molecule has 1 amide bonds. The molecule has 8 nitrogen and oxygen atoms in total.